The number of unbranched alkanes of at least 4 members (excludes halogenated alkanes) is 1. The van der Waals surface area contributed by atoms with Crippen LogP contribution in [0.4, 0.5) is 30.5 Å². The Morgan fingerprint density at radius 1 is 0.892 bits per heavy atom. The number of piperidine rings is 2. The molecule has 1 aliphatic carbocycles. The summed E-state index contributed by atoms with van der Waals surface area (Å²) in [6, 6.07) is 12.1. The van der Waals surface area contributed by atoms with Gasteiger partial charge in [-0.1, -0.05) is 43.5 Å². The number of hydrogen-bond acceptors (Lipinski definition) is 12. The maximum absolute atomic E-state index is 13.9. The second-order valence-corrected chi connectivity index (χ2v) is 19.3. The number of imide groups is 2. The van der Waals surface area contributed by atoms with E-state index >= 15 is 0 Å². The summed E-state index contributed by atoms with van der Waals surface area (Å²) in [5.74, 6) is -2.85. The Bertz CT molecular complexity index is 3020. The molecule has 4 aliphatic rings. The number of nitrogens with one attached hydrogen (secondary N) is 4. The van der Waals surface area contributed by atoms with Crippen LogP contribution in [0.2, 0.25) is 0 Å². The van der Waals surface area contributed by atoms with E-state index in [0.29, 0.717) is 66.6 Å². The number of hydrogen-bond donors (Lipinski definition) is 5. The van der Waals surface area contributed by atoms with Crippen molar-refractivity contribution in [2.75, 3.05) is 42.1 Å². The van der Waals surface area contributed by atoms with Crippen LogP contribution in [0.5, 0.6) is 0 Å². The number of nitrogen functional groups attached to an aromatic ring is 1. The van der Waals surface area contributed by atoms with Gasteiger partial charge in [0.05, 0.1) is 34.3 Å². The molecule has 386 valence electrons. The smallest absolute Gasteiger partial charge is 0.383 e. The van der Waals surface area contributed by atoms with Crippen LogP contribution >= 0.6 is 0 Å². The molecular formula is C53H56F3N11O7. The number of carbonyl (C=O) groups excluding carboxylic acids is 7. The Morgan fingerprint density at radius 3 is 2.39 bits per heavy atom. The number of benzene rings is 2. The summed E-state index contributed by atoms with van der Waals surface area (Å²) in [4.78, 5) is 104. The first-order chi connectivity index (χ1) is 35.6. The molecule has 6 N–H and O–H groups in total. The topological polar surface area (TPSA) is 246 Å². The number of anilines is 3. The number of amides is 7. The van der Waals surface area contributed by atoms with E-state index in [-0.39, 0.29) is 77.9 Å². The number of nitrogens with zero attached hydrogens (tertiary/aromatic N) is 6. The van der Waals surface area contributed by atoms with E-state index in [2.05, 4.69) is 41.0 Å². The maximum Gasteiger partial charge on any atom is 0.416 e. The highest BCUT2D eigenvalue weighted by atomic mass is 19.4. The zero-order valence-electron chi connectivity index (χ0n) is 40.5. The van der Waals surface area contributed by atoms with E-state index in [9.17, 15) is 46.7 Å². The fourth-order valence-corrected chi connectivity index (χ4v) is 10.3. The molecule has 3 fully saturated rings. The van der Waals surface area contributed by atoms with Crippen molar-refractivity contribution in [3.05, 3.63) is 101 Å². The zero-order valence-corrected chi connectivity index (χ0v) is 40.5. The fourth-order valence-electron chi connectivity index (χ4n) is 10.3. The largest absolute Gasteiger partial charge is 0.416 e. The molecule has 3 aromatic heterocycles. The van der Waals surface area contributed by atoms with Crippen LogP contribution in [0.1, 0.15) is 126 Å². The van der Waals surface area contributed by atoms with Gasteiger partial charge in [0.15, 0.2) is 0 Å². The molecule has 5 aromatic rings. The number of H-pyrrole nitrogens is 1. The summed E-state index contributed by atoms with van der Waals surface area (Å²) in [7, 11) is 0. The minimum atomic E-state index is -4.59. The number of aromatic amines is 1. The summed E-state index contributed by atoms with van der Waals surface area (Å²) in [5.41, 5.74) is 9.27. The first kappa shape index (κ1) is 51.0. The number of allylic oxidation sites excluding steroid dienone is 1. The Hall–Kier alpha value is -7.97. The predicted molar refractivity (Wildman–Crippen MR) is 268 cm³/mol. The highest BCUT2D eigenvalue weighted by Crippen LogP contribution is 2.35. The van der Waals surface area contributed by atoms with Crippen molar-refractivity contribution in [2.24, 2.45) is 5.92 Å². The second-order valence-electron chi connectivity index (χ2n) is 19.3. The highest BCUT2D eigenvalue weighted by Gasteiger charge is 2.45. The molecule has 1 saturated carbocycles. The molecule has 3 aliphatic heterocycles. The lowest BCUT2D eigenvalue weighted by Crippen LogP contribution is -2.54. The van der Waals surface area contributed by atoms with Crippen LogP contribution in [-0.4, -0.2) is 110 Å². The lowest BCUT2D eigenvalue weighted by Gasteiger charge is -2.34. The normalized spacial score (nSPS) is 17.7. The summed E-state index contributed by atoms with van der Waals surface area (Å²) < 4.78 is 39.5. The lowest BCUT2D eigenvalue weighted by atomic mass is 9.91. The van der Waals surface area contributed by atoms with Crippen molar-refractivity contribution in [2.45, 2.75) is 102 Å². The quantitative estimate of drug-likeness (QED) is 0.0494. The van der Waals surface area contributed by atoms with Gasteiger partial charge in [-0.05, 0) is 99.7 Å². The standard InChI is InChI=1S/C53H56F3N11O7/c54-53(55,56)35-20-23-58-41(27-35)61-49(71)33-13-11-32(12-14-33)46-45-47(64-63-46)34(29-59-48(45)57)7-3-2-6-24-66(30-43(69)60-36-8-4-1-5-9-36)44(70)19-10-31-21-25-65(26-22-31)37-15-16-38-39(28-37)52(74)67(51(38)73)40-17-18-42(68)62-50(40)72/h3,7,11-16,20,23,27-29,31,36,40H,1-2,4-6,8-10,17-19,21-22,24-26,30H2,(H2,57,59)(H,60,69)(H,63,64)(H,58,61,71)(H,62,68,72)/b7-3+. The summed E-state index contributed by atoms with van der Waals surface area (Å²) in [5, 5.41) is 15.9. The Labute approximate surface area is 423 Å². The first-order valence-corrected chi connectivity index (χ1v) is 25.0. The number of rotatable bonds is 16. The minimum Gasteiger partial charge on any atom is -0.383 e. The first-order valence-electron chi connectivity index (χ1n) is 25.0. The van der Waals surface area contributed by atoms with Gasteiger partial charge in [-0.2, -0.15) is 18.3 Å². The second kappa shape index (κ2) is 22.0. The molecule has 0 spiro atoms. The van der Waals surface area contributed by atoms with Gasteiger partial charge in [-0.15, -0.1) is 0 Å². The third-order valence-corrected chi connectivity index (χ3v) is 14.3. The average molecular weight is 1020 g/mol. The number of carbonyl (C=O) groups is 7. The number of aromatic nitrogens is 4. The summed E-state index contributed by atoms with van der Waals surface area (Å²) >= 11 is 0. The van der Waals surface area contributed by atoms with E-state index in [1.165, 1.54) is 12.1 Å². The van der Waals surface area contributed by atoms with Crippen molar-refractivity contribution in [1.82, 2.24) is 40.6 Å². The van der Waals surface area contributed by atoms with E-state index in [0.717, 1.165) is 73.9 Å². The highest BCUT2D eigenvalue weighted by molar-refractivity contribution is 6.23. The molecule has 6 heterocycles. The maximum atomic E-state index is 13.9. The molecule has 2 aromatic carbocycles. The van der Waals surface area contributed by atoms with Gasteiger partial charge < -0.3 is 26.2 Å². The van der Waals surface area contributed by atoms with Gasteiger partial charge in [-0.25, -0.2) is 9.97 Å². The van der Waals surface area contributed by atoms with Crippen molar-refractivity contribution in [3.63, 3.8) is 0 Å². The number of nitrogens with two attached hydrogens (primary N) is 1. The molecule has 18 nitrogen and oxygen atoms in total. The van der Waals surface area contributed by atoms with Crippen molar-refractivity contribution in [1.29, 1.82) is 0 Å². The van der Waals surface area contributed by atoms with Crippen molar-refractivity contribution < 1.29 is 46.7 Å². The lowest BCUT2D eigenvalue weighted by molar-refractivity contribution is -0.138. The molecule has 0 bridgehead atoms. The van der Waals surface area contributed by atoms with Crippen LogP contribution in [0.3, 0.4) is 0 Å². The van der Waals surface area contributed by atoms with Gasteiger partial charge in [0.1, 0.15) is 23.2 Å². The molecule has 9 rings (SSSR count). The van der Waals surface area contributed by atoms with Crippen LogP contribution in [-0.2, 0) is 25.4 Å². The van der Waals surface area contributed by atoms with E-state index in [4.69, 9.17) is 5.73 Å². The SMILES string of the molecule is Nc1ncc(/C=C/CCCN(CC(=O)NC2CCCCC2)C(=O)CCC2CCN(c3ccc4c(c3)C(=O)N(C3CCC(=O)NC3=O)C4=O)CC2)c2n[nH]c(-c3ccc(C(=O)Nc4cc(C(F)(F)F)ccn4)cc3)c12. The number of pyridine rings is 2. The molecule has 74 heavy (non-hydrogen) atoms. The third kappa shape index (κ3) is 11.5. The summed E-state index contributed by atoms with van der Waals surface area (Å²) in [6.07, 6.45) is 10.8. The zero-order chi connectivity index (χ0) is 52.1. The predicted octanol–water partition coefficient (Wildman–Crippen LogP) is 7.04. The van der Waals surface area contributed by atoms with Gasteiger partial charge in [-0.3, -0.25) is 48.9 Å². The van der Waals surface area contributed by atoms with Crippen molar-refractivity contribution in [3.8, 4) is 11.3 Å². The molecule has 1 atom stereocenters. The molecule has 1 unspecified atom stereocenters. The number of alkyl halides is 3. The third-order valence-electron chi connectivity index (χ3n) is 14.3. The van der Waals surface area contributed by atoms with Crippen LogP contribution in [0.25, 0.3) is 28.2 Å². The van der Waals surface area contributed by atoms with E-state index < -0.39 is 47.3 Å². The molecule has 0 radical (unpaired) electrons. The van der Waals surface area contributed by atoms with Gasteiger partial charge in [0.2, 0.25) is 23.6 Å². The van der Waals surface area contributed by atoms with E-state index in [1.54, 1.807) is 41.4 Å². The Kier molecular flexibility index (Phi) is 15.2. The molecule has 2 saturated heterocycles. The molecule has 21 heteroatoms. The van der Waals surface area contributed by atoms with Crippen LogP contribution in [0.15, 0.2) is 73.1 Å². The minimum absolute atomic E-state index is 0.0325. The van der Waals surface area contributed by atoms with Crippen LogP contribution < -0.4 is 26.6 Å². The summed E-state index contributed by atoms with van der Waals surface area (Å²) in [6.45, 7) is 1.69. The Balaban J connectivity index is 0.788. The van der Waals surface area contributed by atoms with Gasteiger partial charge in [0.25, 0.3) is 17.7 Å². The average Bonchev–Trinajstić information content (AvgIpc) is 3.95. The molecule has 7 amide bonds. The molecular weight excluding hydrogens is 960 g/mol. The van der Waals surface area contributed by atoms with Crippen LogP contribution in [0, 0.1) is 5.92 Å². The Morgan fingerprint density at radius 2 is 1.65 bits per heavy atom. The monoisotopic (exact) mass is 1020 g/mol. The van der Waals surface area contributed by atoms with Gasteiger partial charge in [0, 0.05) is 73.3 Å². The van der Waals surface area contributed by atoms with Crippen molar-refractivity contribution >= 4 is 75.7 Å². The number of halogens is 3. The number of fused-ring (bicyclic) bond motifs is 2. The van der Waals surface area contributed by atoms with E-state index in [1.807, 2.05) is 12.2 Å². The van der Waals surface area contributed by atoms with Gasteiger partial charge >= 0.3 is 6.18 Å². The fraction of sp³-hybridized carbons (Fsp3) is 0.396.